The quantitative estimate of drug-likeness (QED) is 0.380. The Morgan fingerprint density at radius 2 is 1.77 bits per heavy atom. The van der Waals surface area contributed by atoms with Crippen LogP contribution in [-0.2, 0) is 6.42 Å². The summed E-state index contributed by atoms with van der Waals surface area (Å²) in [7, 11) is 0. The Morgan fingerprint density at radius 3 is 2.50 bits per heavy atom. The van der Waals surface area contributed by atoms with Gasteiger partial charge < -0.3 is 9.73 Å². The van der Waals surface area contributed by atoms with E-state index in [4.69, 9.17) is 16.0 Å². The van der Waals surface area contributed by atoms with Gasteiger partial charge in [0.2, 0.25) is 0 Å². The van der Waals surface area contributed by atoms with Crippen molar-refractivity contribution in [3.05, 3.63) is 99.8 Å². The lowest BCUT2D eigenvalue weighted by atomic mass is 10.0. The highest BCUT2D eigenvalue weighted by Gasteiger charge is 2.21. The molecule has 4 nitrogen and oxygen atoms in total. The number of anilines is 1. The maximum atomic E-state index is 13.0. The number of halogens is 1. The summed E-state index contributed by atoms with van der Waals surface area (Å²) in [6, 6.07) is 19.6. The van der Waals surface area contributed by atoms with Crippen molar-refractivity contribution >= 4 is 39.9 Å². The summed E-state index contributed by atoms with van der Waals surface area (Å²) >= 11 is 6.13. The van der Waals surface area contributed by atoms with Crippen molar-refractivity contribution in [2.45, 2.75) is 20.3 Å². The smallest absolute Gasteiger partial charge is 0.291 e. The molecule has 0 radical (unpaired) electrons. The minimum atomic E-state index is -0.411. The van der Waals surface area contributed by atoms with E-state index in [1.807, 2.05) is 31.2 Å². The van der Waals surface area contributed by atoms with Crippen molar-refractivity contribution in [3.8, 4) is 0 Å². The SMILES string of the molecule is CCc1ccc2oc(C(=O)Nc3ccc(Cl)cc3C(=O)c3ccccc3)c(C)c2c1. The molecule has 0 aliphatic carbocycles. The van der Waals surface area contributed by atoms with Gasteiger partial charge in [-0.25, -0.2) is 0 Å². The van der Waals surface area contributed by atoms with E-state index in [1.54, 1.807) is 42.5 Å². The van der Waals surface area contributed by atoms with Crippen LogP contribution in [0.5, 0.6) is 0 Å². The summed E-state index contributed by atoms with van der Waals surface area (Å²) in [6.07, 6.45) is 0.901. The van der Waals surface area contributed by atoms with Gasteiger partial charge in [0.1, 0.15) is 5.58 Å². The average molecular weight is 418 g/mol. The van der Waals surface area contributed by atoms with E-state index in [2.05, 4.69) is 12.2 Å². The van der Waals surface area contributed by atoms with E-state index < -0.39 is 5.91 Å². The van der Waals surface area contributed by atoms with Crippen LogP contribution in [0.25, 0.3) is 11.0 Å². The van der Waals surface area contributed by atoms with Crippen LogP contribution in [0.1, 0.15) is 44.5 Å². The molecule has 5 heteroatoms. The second kappa shape index (κ2) is 8.17. The molecule has 30 heavy (non-hydrogen) atoms. The second-order valence-corrected chi connectivity index (χ2v) is 7.52. The predicted octanol–water partition coefficient (Wildman–Crippen LogP) is 6.44. The topological polar surface area (TPSA) is 59.3 Å². The third-order valence-corrected chi connectivity index (χ3v) is 5.36. The van der Waals surface area contributed by atoms with Gasteiger partial charge in [0.25, 0.3) is 5.91 Å². The molecule has 0 saturated carbocycles. The molecule has 4 aromatic rings. The minimum absolute atomic E-state index is 0.220. The largest absolute Gasteiger partial charge is 0.451 e. The monoisotopic (exact) mass is 417 g/mol. The highest BCUT2D eigenvalue weighted by Crippen LogP contribution is 2.29. The number of aryl methyl sites for hydroxylation is 2. The number of furan rings is 1. The average Bonchev–Trinajstić information content (AvgIpc) is 3.11. The van der Waals surface area contributed by atoms with Crippen molar-refractivity contribution in [1.82, 2.24) is 0 Å². The van der Waals surface area contributed by atoms with Crippen LogP contribution < -0.4 is 5.32 Å². The Balaban J connectivity index is 1.70. The Morgan fingerprint density at radius 1 is 1.00 bits per heavy atom. The molecule has 0 bridgehead atoms. The number of hydrogen-bond acceptors (Lipinski definition) is 3. The van der Waals surface area contributed by atoms with Gasteiger partial charge in [-0.3, -0.25) is 9.59 Å². The van der Waals surface area contributed by atoms with Crippen LogP contribution in [0.3, 0.4) is 0 Å². The highest BCUT2D eigenvalue weighted by molar-refractivity contribution is 6.31. The molecule has 4 rings (SSSR count). The summed E-state index contributed by atoms with van der Waals surface area (Å²) < 4.78 is 5.82. The minimum Gasteiger partial charge on any atom is -0.451 e. The molecule has 1 aromatic heterocycles. The zero-order valence-electron chi connectivity index (χ0n) is 16.7. The van der Waals surface area contributed by atoms with Crippen LogP contribution in [0.15, 0.2) is 71.1 Å². The first-order valence-electron chi connectivity index (χ1n) is 9.70. The first kappa shape index (κ1) is 19.9. The van der Waals surface area contributed by atoms with Crippen molar-refractivity contribution in [2.75, 3.05) is 5.32 Å². The Bertz CT molecular complexity index is 1260. The Labute approximate surface area is 179 Å². The number of rotatable bonds is 5. The molecule has 1 amide bonds. The van der Waals surface area contributed by atoms with E-state index in [0.29, 0.717) is 27.4 Å². The van der Waals surface area contributed by atoms with E-state index >= 15 is 0 Å². The highest BCUT2D eigenvalue weighted by atomic mass is 35.5. The number of fused-ring (bicyclic) bond motifs is 1. The molecule has 1 N–H and O–H groups in total. The Hall–Kier alpha value is -3.37. The van der Waals surface area contributed by atoms with Crippen LogP contribution >= 0.6 is 11.6 Å². The van der Waals surface area contributed by atoms with E-state index in [1.165, 1.54) is 5.56 Å². The number of benzene rings is 3. The molecule has 0 aliphatic heterocycles. The number of amides is 1. The molecule has 0 fully saturated rings. The summed E-state index contributed by atoms with van der Waals surface area (Å²) in [5.41, 5.74) is 3.82. The number of nitrogens with one attached hydrogen (secondary N) is 1. The maximum absolute atomic E-state index is 13.0. The number of ketones is 1. The first-order chi connectivity index (χ1) is 14.5. The van der Waals surface area contributed by atoms with Crippen molar-refractivity contribution < 1.29 is 14.0 Å². The fourth-order valence-electron chi connectivity index (χ4n) is 3.44. The molecule has 0 spiro atoms. The van der Waals surface area contributed by atoms with Gasteiger partial charge in [-0.1, -0.05) is 54.9 Å². The molecular weight excluding hydrogens is 398 g/mol. The number of hydrogen-bond donors (Lipinski definition) is 1. The van der Waals surface area contributed by atoms with Crippen LogP contribution in [0.4, 0.5) is 5.69 Å². The first-order valence-corrected chi connectivity index (χ1v) is 10.1. The molecule has 0 unspecified atom stereocenters. The molecule has 0 aliphatic rings. The van der Waals surface area contributed by atoms with Gasteiger partial charge in [-0.05, 0) is 49.2 Å². The molecule has 0 saturated heterocycles. The van der Waals surface area contributed by atoms with Gasteiger partial charge in [-0.15, -0.1) is 0 Å². The van der Waals surface area contributed by atoms with E-state index in [9.17, 15) is 9.59 Å². The van der Waals surface area contributed by atoms with Gasteiger partial charge in [0, 0.05) is 27.1 Å². The summed E-state index contributed by atoms with van der Waals surface area (Å²) in [6.45, 7) is 3.94. The standard InChI is InChI=1S/C25H20ClNO3/c1-3-16-9-12-22-19(13-16)15(2)24(30-22)25(29)27-21-11-10-18(26)14-20(21)23(28)17-7-5-4-6-8-17/h4-14H,3H2,1-2H3,(H,27,29). The molecular formula is C25H20ClNO3. The zero-order valence-corrected chi connectivity index (χ0v) is 17.4. The number of carbonyl (C=O) groups is 2. The summed E-state index contributed by atoms with van der Waals surface area (Å²) in [5, 5.41) is 4.15. The van der Waals surface area contributed by atoms with Crippen molar-refractivity contribution in [2.24, 2.45) is 0 Å². The van der Waals surface area contributed by atoms with Gasteiger partial charge in [0.05, 0.1) is 5.69 Å². The van der Waals surface area contributed by atoms with Gasteiger partial charge in [0.15, 0.2) is 11.5 Å². The molecule has 150 valence electrons. The van der Waals surface area contributed by atoms with Gasteiger partial charge >= 0.3 is 0 Å². The second-order valence-electron chi connectivity index (χ2n) is 7.08. The van der Waals surface area contributed by atoms with Crippen LogP contribution in [0, 0.1) is 6.92 Å². The third kappa shape index (κ3) is 3.74. The van der Waals surface area contributed by atoms with E-state index in [-0.39, 0.29) is 11.5 Å². The lowest BCUT2D eigenvalue weighted by molar-refractivity contribution is 0.0998. The van der Waals surface area contributed by atoms with Gasteiger partial charge in [-0.2, -0.15) is 0 Å². The molecule has 3 aromatic carbocycles. The van der Waals surface area contributed by atoms with Crippen molar-refractivity contribution in [1.29, 1.82) is 0 Å². The summed E-state index contributed by atoms with van der Waals surface area (Å²) in [4.78, 5) is 26.0. The third-order valence-electron chi connectivity index (χ3n) is 5.13. The molecule has 1 heterocycles. The summed E-state index contributed by atoms with van der Waals surface area (Å²) in [5.74, 6) is -0.403. The fraction of sp³-hybridized carbons (Fsp3) is 0.120. The predicted molar refractivity (Wildman–Crippen MR) is 120 cm³/mol. The number of carbonyl (C=O) groups excluding carboxylic acids is 2. The van der Waals surface area contributed by atoms with E-state index in [0.717, 1.165) is 17.4 Å². The van der Waals surface area contributed by atoms with Crippen molar-refractivity contribution in [3.63, 3.8) is 0 Å². The maximum Gasteiger partial charge on any atom is 0.291 e. The molecule has 0 atom stereocenters. The lowest BCUT2D eigenvalue weighted by Crippen LogP contribution is -2.15. The Kier molecular flexibility index (Phi) is 5.42. The fourth-order valence-corrected chi connectivity index (χ4v) is 3.61. The van der Waals surface area contributed by atoms with Crippen LogP contribution in [-0.4, -0.2) is 11.7 Å². The zero-order chi connectivity index (χ0) is 21.3. The lowest BCUT2D eigenvalue weighted by Gasteiger charge is -2.11. The van der Waals surface area contributed by atoms with Crippen LogP contribution in [0.2, 0.25) is 5.02 Å². The normalized spacial score (nSPS) is 10.9.